The Balaban J connectivity index is 1.46. The monoisotopic (exact) mass is 443 g/mol. The molecular weight excluding hydrogens is 390 g/mol. The standard InChI is InChI=1S/C29H53N3/c1-2-4-8-12-16-20-27(21-17-13-9-5-3-1)24-29-26-32(31-30-29)25-28-22-18-14-10-6-7-11-15-19-23-28/h26-28H,1-25H2. The SMILES string of the molecule is c1c(CC2CCCCCCCCCCCCC2)nnn1CC1CCCCCCCCCC1. The molecule has 32 heavy (non-hydrogen) atoms. The van der Waals surface area contributed by atoms with Gasteiger partial charge in [-0.05, 0) is 31.1 Å². The maximum atomic E-state index is 4.64. The van der Waals surface area contributed by atoms with Crippen molar-refractivity contribution < 1.29 is 0 Å². The summed E-state index contributed by atoms with van der Waals surface area (Å²) in [5.74, 6) is 1.62. The zero-order chi connectivity index (χ0) is 22.1. The molecule has 1 aromatic heterocycles. The predicted molar refractivity (Wildman–Crippen MR) is 137 cm³/mol. The molecule has 0 bridgehead atoms. The second-order valence-electron chi connectivity index (χ2n) is 11.2. The molecule has 0 atom stereocenters. The van der Waals surface area contributed by atoms with Gasteiger partial charge in [-0.2, -0.15) is 0 Å². The third-order valence-electron chi connectivity index (χ3n) is 8.23. The van der Waals surface area contributed by atoms with Crippen molar-refractivity contribution in [2.45, 2.75) is 161 Å². The third kappa shape index (κ3) is 11.3. The molecule has 0 saturated heterocycles. The molecule has 184 valence electrons. The number of aromatic nitrogens is 3. The lowest BCUT2D eigenvalue weighted by atomic mass is 9.90. The van der Waals surface area contributed by atoms with E-state index in [0.29, 0.717) is 0 Å². The Morgan fingerprint density at radius 1 is 0.531 bits per heavy atom. The van der Waals surface area contributed by atoms with Gasteiger partial charge in [0.25, 0.3) is 0 Å². The molecule has 3 nitrogen and oxygen atoms in total. The fourth-order valence-corrected chi connectivity index (χ4v) is 6.14. The van der Waals surface area contributed by atoms with Crippen molar-refractivity contribution in [3.63, 3.8) is 0 Å². The average Bonchev–Trinajstić information content (AvgIpc) is 3.21. The van der Waals surface area contributed by atoms with Gasteiger partial charge < -0.3 is 0 Å². The summed E-state index contributed by atoms with van der Waals surface area (Å²) in [7, 11) is 0. The van der Waals surface area contributed by atoms with E-state index in [1.54, 1.807) is 0 Å². The van der Waals surface area contributed by atoms with Crippen LogP contribution in [0.15, 0.2) is 6.20 Å². The zero-order valence-corrected chi connectivity index (χ0v) is 21.3. The van der Waals surface area contributed by atoms with Gasteiger partial charge in [0, 0.05) is 12.7 Å². The fraction of sp³-hybridized carbons (Fsp3) is 0.931. The van der Waals surface area contributed by atoms with Crippen LogP contribution in [0.2, 0.25) is 0 Å². The average molecular weight is 444 g/mol. The second-order valence-corrected chi connectivity index (χ2v) is 11.2. The molecule has 0 amide bonds. The van der Waals surface area contributed by atoms with Crippen molar-refractivity contribution in [3.8, 4) is 0 Å². The molecular formula is C29H53N3. The summed E-state index contributed by atoms with van der Waals surface area (Å²) in [5.41, 5.74) is 1.26. The molecule has 0 spiro atoms. The number of rotatable bonds is 4. The summed E-state index contributed by atoms with van der Waals surface area (Å²) in [4.78, 5) is 0. The Hall–Kier alpha value is -0.860. The van der Waals surface area contributed by atoms with Gasteiger partial charge in [-0.25, -0.2) is 0 Å². The van der Waals surface area contributed by atoms with Crippen LogP contribution in [0, 0.1) is 11.8 Å². The molecule has 2 fully saturated rings. The maximum absolute atomic E-state index is 4.64. The van der Waals surface area contributed by atoms with Crippen LogP contribution in [-0.2, 0) is 13.0 Å². The Bertz CT molecular complexity index is 541. The van der Waals surface area contributed by atoms with E-state index in [2.05, 4.69) is 21.2 Å². The summed E-state index contributed by atoms with van der Waals surface area (Å²) < 4.78 is 2.20. The lowest BCUT2D eigenvalue weighted by Gasteiger charge is -2.17. The van der Waals surface area contributed by atoms with Gasteiger partial charge in [-0.3, -0.25) is 4.68 Å². The molecule has 1 aromatic rings. The van der Waals surface area contributed by atoms with Crippen LogP contribution in [0.1, 0.15) is 153 Å². The van der Waals surface area contributed by atoms with E-state index in [-0.39, 0.29) is 0 Å². The molecule has 0 radical (unpaired) electrons. The summed E-state index contributed by atoms with van der Waals surface area (Å²) in [5, 5.41) is 9.22. The highest BCUT2D eigenvalue weighted by atomic mass is 15.4. The molecule has 2 aliphatic rings. The summed E-state index contributed by atoms with van der Waals surface area (Å²) in [6.45, 7) is 1.09. The van der Waals surface area contributed by atoms with Gasteiger partial charge in [-0.15, -0.1) is 5.10 Å². The lowest BCUT2D eigenvalue weighted by molar-refractivity contribution is 0.345. The highest BCUT2D eigenvalue weighted by Gasteiger charge is 2.15. The van der Waals surface area contributed by atoms with Gasteiger partial charge in [0.1, 0.15) is 0 Å². The second kappa shape index (κ2) is 16.7. The van der Waals surface area contributed by atoms with Crippen LogP contribution in [0.5, 0.6) is 0 Å². The van der Waals surface area contributed by atoms with Gasteiger partial charge >= 0.3 is 0 Å². The van der Waals surface area contributed by atoms with Crippen LogP contribution in [0.4, 0.5) is 0 Å². The molecule has 3 rings (SSSR count). The Morgan fingerprint density at radius 2 is 0.906 bits per heavy atom. The van der Waals surface area contributed by atoms with Gasteiger partial charge in [0.05, 0.1) is 5.69 Å². The Labute approximate surface area is 199 Å². The largest absolute Gasteiger partial charge is 0.252 e. The summed E-state index contributed by atoms with van der Waals surface area (Å²) >= 11 is 0. The van der Waals surface area contributed by atoms with Crippen molar-refractivity contribution in [2.75, 3.05) is 0 Å². The normalized spacial score (nSPS) is 23.2. The van der Waals surface area contributed by atoms with E-state index in [4.69, 9.17) is 0 Å². The minimum absolute atomic E-state index is 0.803. The smallest absolute Gasteiger partial charge is 0.0829 e. The first kappa shape index (κ1) is 25.8. The highest BCUT2D eigenvalue weighted by molar-refractivity contribution is 4.94. The van der Waals surface area contributed by atoms with E-state index in [0.717, 1.165) is 24.8 Å². The molecule has 0 unspecified atom stereocenters. The van der Waals surface area contributed by atoms with Gasteiger partial charge in [-0.1, -0.05) is 140 Å². The molecule has 0 N–H and O–H groups in total. The molecule has 0 aromatic carbocycles. The number of hydrogen-bond acceptors (Lipinski definition) is 2. The van der Waals surface area contributed by atoms with Crippen LogP contribution in [0.3, 0.4) is 0 Å². The highest BCUT2D eigenvalue weighted by Crippen LogP contribution is 2.25. The minimum Gasteiger partial charge on any atom is -0.252 e. The molecule has 3 heteroatoms. The lowest BCUT2D eigenvalue weighted by Crippen LogP contribution is -2.12. The topological polar surface area (TPSA) is 30.7 Å². The first-order valence-corrected chi connectivity index (χ1v) is 14.8. The van der Waals surface area contributed by atoms with Crippen molar-refractivity contribution >= 4 is 0 Å². The van der Waals surface area contributed by atoms with Crippen LogP contribution < -0.4 is 0 Å². The minimum atomic E-state index is 0.803. The Morgan fingerprint density at radius 3 is 1.34 bits per heavy atom. The van der Waals surface area contributed by atoms with Crippen LogP contribution >= 0.6 is 0 Å². The quantitative estimate of drug-likeness (QED) is 0.464. The Kier molecular flexibility index (Phi) is 13.4. The van der Waals surface area contributed by atoms with E-state index in [1.165, 1.54) is 153 Å². The fourth-order valence-electron chi connectivity index (χ4n) is 6.14. The molecule has 2 aliphatic carbocycles. The van der Waals surface area contributed by atoms with E-state index < -0.39 is 0 Å². The van der Waals surface area contributed by atoms with E-state index >= 15 is 0 Å². The maximum Gasteiger partial charge on any atom is 0.0829 e. The summed E-state index contributed by atoms with van der Waals surface area (Å²) in [6, 6.07) is 0. The number of hydrogen-bond donors (Lipinski definition) is 0. The van der Waals surface area contributed by atoms with Crippen molar-refractivity contribution in [3.05, 3.63) is 11.9 Å². The first-order chi connectivity index (χ1) is 15.9. The summed E-state index contributed by atoms with van der Waals surface area (Å²) in [6.07, 6.45) is 36.4. The van der Waals surface area contributed by atoms with E-state index in [9.17, 15) is 0 Å². The zero-order valence-electron chi connectivity index (χ0n) is 21.3. The van der Waals surface area contributed by atoms with Crippen molar-refractivity contribution in [1.82, 2.24) is 15.0 Å². The van der Waals surface area contributed by atoms with Crippen LogP contribution in [0.25, 0.3) is 0 Å². The van der Waals surface area contributed by atoms with Crippen LogP contribution in [-0.4, -0.2) is 15.0 Å². The molecule has 0 aliphatic heterocycles. The molecule has 2 saturated carbocycles. The van der Waals surface area contributed by atoms with E-state index in [1.807, 2.05) is 0 Å². The van der Waals surface area contributed by atoms with Gasteiger partial charge in [0.2, 0.25) is 0 Å². The third-order valence-corrected chi connectivity index (χ3v) is 8.23. The predicted octanol–water partition coefficient (Wildman–Crippen LogP) is 9.05. The van der Waals surface area contributed by atoms with Crippen molar-refractivity contribution in [2.24, 2.45) is 11.8 Å². The molecule has 1 heterocycles. The van der Waals surface area contributed by atoms with Gasteiger partial charge in [0.15, 0.2) is 0 Å². The van der Waals surface area contributed by atoms with Crippen molar-refractivity contribution in [1.29, 1.82) is 0 Å². The number of nitrogens with zero attached hydrogens (tertiary/aromatic N) is 3. The first-order valence-electron chi connectivity index (χ1n) is 14.8.